The van der Waals surface area contributed by atoms with Crippen molar-refractivity contribution in [1.82, 2.24) is 0 Å². The molecular weight excluding hydrogens is 304 g/mol. The third-order valence-corrected chi connectivity index (χ3v) is 3.65. The van der Waals surface area contributed by atoms with Crippen molar-refractivity contribution in [3.63, 3.8) is 0 Å². The SMILES string of the molecule is CCCc1ccccc1OCCCOc1cccc(O)c1C(C)=O. The molecule has 0 atom stereocenters. The van der Waals surface area contributed by atoms with Gasteiger partial charge >= 0.3 is 0 Å². The number of phenolic OH excluding ortho intramolecular Hbond substituents is 1. The number of para-hydroxylation sites is 1. The lowest BCUT2D eigenvalue weighted by molar-refractivity contribution is 0.101. The average Bonchev–Trinajstić information content (AvgIpc) is 2.56. The summed E-state index contributed by atoms with van der Waals surface area (Å²) in [5.74, 6) is 1.06. The van der Waals surface area contributed by atoms with Crippen LogP contribution in [0.4, 0.5) is 0 Å². The quantitative estimate of drug-likeness (QED) is 0.548. The van der Waals surface area contributed by atoms with Crippen LogP contribution in [0.25, 0.3) is 0 Å². The molecular formula is C20H24O4. The molecule has 2 aromatic carbocycles. The number of aromatic hydroxyl groups is 1. The van der Waals surface area contributed by atoms with E-state index in [1.165, 1.54) is 18.6 Å². The van der Waals surface area contributed by atoms with Crippen LogP contribution in [0.2, 0.25) is 0 Å². The van der Waals surface area contributed by atoms with Gasteiger partial charge in [0.2, 0.25) is 0 Å². The normalized spacial score (nSPS) is 10.4. The summed E-state index contributed by atoms with van der Waals surface area (Å²) in [6.07, 6.45) is 2.76. The average molecular weight is 328 g/mol. The van der Waals surface area contributed by atoms with Crippen LogP contribution < -0.4 is 9.47 Å². The van der Waals surface area contributed by atoms with Gasteiger partial charge in [0.05, 0.1) is 13.2 Å². The van der Waals surface area contributed by atoms with Gasteiger partial charge in [0.1, 0.15) is 22.8 Å². The summed E-state index contributed by atoms with van der Waals surface area (Å²) in [6.45, 7) is 4.51. The molecule has 128 valence electrons. The zero-order valence-electron chi connectivity index (χ0n) is 14.2. The van der Waals surface area contributed by atoms with Crippen molar-refractivity contribution in [2.75, 3.05) is 13.2 Å². The van der Waals surface area contributed by atoms with Crippen molar-refractivity contribution in [2.24, 2.45) is 0 Å². The minimum Gasteiger partial charge on any atom is -0.507 e. The highest BCUT2D eigenvalue weighted by molar-refractivity contribution is 5.99. The number of rotatable bonds is 9. The second-order valence-electron chi connectivity index (χ2n) is 5.61. The first-order chi connectivity index (χ1) is 11.6. The number of ether oxygens (including phenoxy) is 2. The van der Waals surface area contributed by atoms with Crippen molar-refractivity contribution in [3.8, 4) is 17.2 Å². The summed E-state index contributed by atoms with van der Waals surface area (Å²) in [5.41, 5.74) is 1.44. The number of benzene rings is 2. The van der Waals surface area contributed by atoms with Crippen LogP contribution in [-0.4, -0.2) is 24.1 Å². The lowest BCUT2D eigenvalue weighted by Gasteiger charge is -2.13. The molecule has 0 bridgehead atoms. The molecule has 0 spiro atoms. The Labute approximate surface area is 143 Å². The zero-order chi connectivity index (χ0) is 17.4. The maximum Gasteiger partial charge on any atom is 0.167 e. The van der Waals surface area contributed by atoms with E-state index in [2.05, 4.69) is 13.0 Å². The number of hydrogen-bond acceptors (Lipinski definition) is 4. The molecule has 0 radical (unpaired) electrons. The Morgan fingerprint density at radius 2 is 1.67 bits per heavy atom. The molecule has 4 heteroatoms. The molecule has 24 heavy (non-hydrogen) atoms. The third-order valence-electron chi connectivity index (χ3n) is 3.65. The summed E-state index contributed by atoms with van der Waals surface area (Å²) in [6, 6.07) is 12.9. The smallest absolute Gasteiger partial charge is 0.167 e. The molecule has 4 nitrogen and oxygen atoms in total. The van der Waals surface area contributed by atoms with Gasteiger partial charge < -0.3 is 14.6 Å². The lowest BCUT2D eigenvalue weighted by Crippen LogP contribution is -2.08. The van der Waals surface area contributed by atoms with E-state index in [-0.39, 0.29) is 17.1 Å². The monoisotopic (exact) mass is 328 g/mol. The largest absolute Gasteiger partial charge is 0.507 e. The van der Waals surface area contributed by atoms with E-state index < -0.39 is 0 Å². The van der Waals surface area contributed by atoms with Crippen LogP contribution in [0.5, 0.6) is 17.2 Å². The van der Waals surface area contributed by atoms with E-state index in [0.717, 1.165) is 18.6 Å². The number of carbonyl (C=O) groups excluding carboxylic acids is 1. The van der Waals surface area contributed by atoms with E-state index in [1.54, 1.807) is 12.1 Å². The number of aryl methyl sites for hydroxylation is 1. The molecule has 2 aromatic rings. The molecule has 0 aliphatic rings. The van der Waals surface area contributed by atoms with Gasteiger partial charge in [0, 0.05) is 6.42 Å². The highest BCUT2D eigenvalue weighted by Gasteiger charge is 2.13. The van der Waals surface area contributed by atoms with E-state index in [1.807, 2.05) is 18.2 Å². The van der Waals surface area contributed by atoms with Gasteiger partial charge in [-0.25, -0.2) is 0 Å². The second kappa shape index (κ2) is 8.96. The number of phenols is 1. The van der Waals surface area contributed by atoms with Crippen LogP contribution in [-0.2, 0) is 6.42 Å². The summed E-state index contributed by atoms with van der Waals surface area (Å²) < 4.78 is 11.5. The first-order valence-corrected chi connectivity index (χ1v) is 8.30. The molecule has 0 saturated heterocycles. The van der Waals surface area contributed by atoms with Crippen LogP contribution in [0, 0.1) is 0 Å². The standard InChI is InChI=1S/C20H24O4/c1-3-8-16-9-4-5-11-18(16)23-13-7-14-24-19-12-6-10-17(22)20(19)15(2)21/h4-6,9-12,22H,3,7-8,13-14H2,1-2H3. The van der Waals surface area contributed by atoms with Gasteiger partial charge in [-0.15, -0.1) is 0 Å². The molecule has 1 N–H and O–H groups in total. The van der Waals surface area contributed by atoms with Crippen molar-refractivity contribution in [2.45, 2.75) is 33.1 Å². The second-order valence-corrected chi connectivity index (χ2v) is 5.61. The van der Waals surface area contributed by atoms with E-state index in [0.29, 0.717) is 25.4 Å². The minimum absolute atomic E-state index is 0.0512. The molecule has 0 aliphatic carbocycles. The maximum atomic E-state index is 11.6. The number of Topliss-reactive ketones (excluding diaryl/α,β-unsaturated/α-hetero) is 1. The Morgan fingerprint density at radius 3 is 2.38 bits per heavy atom. The van der Waals surface area contributed by atoms with Crippen LogP contribution in [0.15, 0.2) is 42.5 Å². The maximum absolute atomic E-state index is 11.6. The molecule has 2 rings (SSSR count). The van der Waals surface area contributed by atoms with Gasteiger partial charge in [-0.05, 0) is 37.1 Å². The first-order valence-electron chi connectivity index (χ1n) is 8.30. The predicted octanol–water partition coefficient (Wildman–Crippen LogP) is 4.40. The Balaban J connectivity index is 1.84. The fourth-order valence-corrected chi connectivity index (χ4v) is 2.54. The number of hydrogen-bond donors (Lipinski definition) is 1. The first kappa shape index (κ1) is 17.9. The number of carbonyl (C=O) groups is 1. The van der Waals surface area contributed by atoms with Crippen molar-refractivity contribution >= 4 is 5.78 Å². The van der Waals surface area contributed by atoms with Crippen LogP contribution in [0.1, 0.15) is 42.6 Å². The van der Waals surface area contributed by atoms with E-state index >= 15 is 0 Å². The van der Waals surface area contributed by atoms with Gasteiger partial charge in [-0.3, -0.25) is 4.79 Å². The van der Waals surface area contributed by atoms with Gasteiger partial charge in [-0.1, -0.05) is 37.6 Å². The molecule has 0 aliphatic heterocycles. The Hall–Kier alpha value is -2.49. The minimum atomic E-state index is -0.215. The van der Waals surface area contributed by atoms with E-state index in [9.17, 15) is 9.90 Å². The summed E-state index contributed by atoms with van der Waals surface area (Å²) in [7, 11) is 0. The third kappa shape index (κ3) is 4.75. The highest BCUT2D eigenvalue weighted by Crippen LogP contribution is 2.28. The fraction of sp³-hybridized carbons (Fsp3) is 0.350. The predicted molar refractivity (Wildman–Crippen MR) is 94.2 cm³/mol. The van der Waals surface area contributed by atoms with Crippen molar-refractivity contribution < 1.29 is 19.4 Å². The Morgan fingerprint density at radius 1 is 1.00 bits per heavy atom. The van der Waals surface area contributed by atoms with Gasteiger partial charge in [0.25, 0.3) is 0 Å². The van der Waals surface area contributed by atoms with Crippen molar-refractivity contribution in [1.29, 1.82) is 0 Å². The lowest BCUT2D eigenvalue weighted by atomic mass is 10.1. The topological polar surface area (TPSA) is 55.8 Å². The molecule has 0 amide bonds. The van der Waals surface area contributed by atoms with Crippen LogP contribution >= 0.6 is 0 Å². The summed E-state index contributed by atoms with van der Waals surface area (Å²) in [4.78, 5) is 11.6. The summed E-state index contributed by atoms with van der Waals surface area (Å²) >= 11 is 0. The fourth-order valence-electron chi connectivity index (χ4n) is 2.54. The molecule has 0 heterocycles. The molecule has 0 fully saturated rings. The highest BCUT2D eigenvalue weighted by atomic mass is 16.5. The molecule has 0 aromatic heterocycles. The Kier molecular flexibility index (Phi) is 6.67. The summed E-state index contributed by atoms with van der Waals surface area (Å²) in [5, 5.41) is 9.77. The molecule has 0 unspecified atom stereocenters. The number of ketones is 1. The van der Waals surface area contributed by atoms with Crippen molar-refractivity contribution in [3.05, 3.63) is 53.6 Å². The van der Waals surface area contributed by atoms with Gasteiger partial charge in [-0.2, -0.15) is 0 Å². The van der Waals surface area contributed by atoms with E-state index in [4.69, 9.17) is 9.47 Å². The van der Waals surface area contributed by atoms with Crippen LogP contribution in [0.3, 0.4) is 0 Å². The van der Waals surface area contributed by atoms with Gasteiger partial charge in [0.15, 0.2) is 5.78 Å². The Bertz CT molecular complexity index is 679. The molecule has 0 saturated carbocycles. The zero-order valence-corrected chi connectivity index (χ0v) is 14.2.